The molecule has 3 aromatic carbocycles. The van der Waals surface area contributed by atoms with E-state index in [-0.39, 0.29) is 0 Å². The van der Waals surface area contributed by atoms with Crippen LogP contribution in [0.25, 0.3) is 21.7 Å². The van der Waals surface area contributed by atoms with Crippen molar-refractivity contribution in [1.29, 1.82) is 0 Å². The molecule has 0 spiro atoms. The first-order chi connectivity index (χ1) is 16.3. The van der Waals surface area contributed by atoms with E-state index in [4.69, 9.17) is 16.3 Å². The van der Waals surface area contributed by atoms with Crippen LogP contribution in [-0.4, -0.2) is 56.0 Å². The molecule has 5 atom stereocenters. The number of benzene rings is 3. The molecule has 1 aromatic heterocycles. The molecule has 0 saturated carbocycles. The van der Waals surface area contributed by atoms with Crippen LogP contribution in [0.3, 0.4) is 0 Å². The van der Waals surface area contributed by atoms with Crippen LogP contribution in [0, 0.1) is 13.8 Å². The maximum Gasteiger partial charge on any atom is 0.163 e. The van der Waals surface area contributed by atoms with Gasteiger partial charge in [-0.25, -0.2) is 0 Å². The van der Waals surface area contributed by atoms with Crippen molar-refractivity contribution in [3.8, 4) is 0 Å². The van der Waals surface area contributed by atoms with Crippen molar-refractivity contribution in [3.63, 3.8) is 0 Å². The summed E-state index contributed by atoms with van der Waals surface area (Å²) in [5, 5.41) is 44.7. The fraction of sp³-hybridized carbons (Fsp3) is 0.333. The molecule has 34 heavy (non-hydrogen) atoms. The Morgan fingerprint density at radius 3 is 2.38 bits per heavy atom. The number of hydrogen-bond donors (Lipinski definition) is 4. The highest BCUT2D eigenvalue weighted by Crippen LogP contribution is 2.37. The Morgan fingerprint density at radius 1 is 0.882 bits per heavy atom. The molecule has 6 nitrogen and oxygen atoms in total. The second kappa shape index (κ2) is 8.96. The zero-order chi connectivity index (χ0) is 24.1. The largest absolute Gasteiger partial charge is 0.394 e. The topological polar surface area (TPSA) is 95.1 Å². The molecule has 0 radical (unpaired) electrons. The van der Waals surface area contributed by atoms with E-state index in [9.17, 15) is 20.4 Å². The Morgan fingerprint density at radius 2 is 1.62 bits per heavy atom. The summed E-state index contributed by atoms with van der Waals surface area (Å²) < 4.78 is 7.59. The first kappa shape index (κ1) is 23.3. The number of aryl methyl sites for hydroxylation is 2. The zero-order valence-electron chi connectivity index (χ0n) is 19.0. The van der Waals surface area contributed by atoms with Crippen molar-refractivity contribution in [1.82, 2.24) is 4.57 Å². The number of halogens is 1. The predicted octanol–water partition coefficient (Wildman–Crippen LogP) is 3.63. The van der Waals surface area contributed by atoms with Gasteiger partial charge in [0.1, 0.15) is 24.4 Å². The molecular weight excluding hydrogens is 454 g/mol. The van der Waals surface area contributed by atoms with E-state index >= 15 is 0 Å². The average Bonchev–Trinajstić information content (AvgIpc) is 3.15. The highest BCUT2D eigenvalue weighted by Gasteiger charge is 2.44. The number of fused-ring (bicyclic) bond motifs is 2. The SMILES string of the molecule is Cc1ccc2cc(Cc3cn([C@@H]4O[C@H](CO)[C@@H](O)[C@H](O)[C@H]4O)c4cc(C)cc(Cl)c34)ccc2c1. The summed E-state index contributed by atoms with van der Waals surface area (Å²) in [7, 11) is 0. The summed E-state index contributed by atoms with van der Waals surface area (Å²) in [6.07, 6.45) is -3.76. The van der Waals surface area contributed by atoms with Crippen LogP contribution in [-0.2, 0) is 11.2 Å². The number of aliphatic hydroxyl groups is 4. The molecule has 1 saturated heterocycles. The van der Waals surface area contributed by atoms with Gasteiger partial charge in [0.05, 0.1) is 17.1 Å². The lowest BCUT2D eigenvalue weighted by Gasteiger charge is -2.40. The van der Waals surface area contributed by atoms with E-state index in [2.05, 4.69) is 43.3 Å². The van der Waals surface area contributed by atoms with E-state index in [1.807, 2.05) is 25.3 Å². The minimum absolute atomic E-state index is 0.482. The van der Waals surface area contributed by atoms with Crippen molar-refractivity contribution in [2.45, 2.75) is 50.9 Å². The van der Waals surface area contributed by atoms with Crippen LogP contribution in [0.15, 0.2) is 54.7 Å². The molecule has 2 heterocycles. The Kier molecular flexibility index (Phi) is 6.14. The number of aliphatic hydroxyl groups excluding tert-OH is 4. The second-order valence-electron chi connectivity index (χ2n) is 9.28. The molecule has 7 heteroatoms. The fourth-order valence-corrected chi connectivity index (χ4v) is 5.34. The summed E-state index contributed by atoms with van der Waals surface area (Å²) in [6.45, 7) is 3.52. The number of aromatic nitrogens is 1. The van der Waals surface area contributed by atoms with Crippen molar-refractivity contribution in [3.05, 3.63) is 82.0 Å². The molecule has 0 amide bonds. The molecule has 0 bridgehead atoms. The van der Waals surface area contributed by atoms with Gasteiger partial charge < -0.3 is 29.7 Å². The van der Waals surface area contributed by atoms with Gasteiger partial charge in [-0.2, -0.15) is 0 Å². The standard InChI is InChI=1S/C27H28ClNO5/c1-14-3-5-18-10-16(4-6-17(18)7-14)11-19-12-29(21-9-15(2)8-20(28)23(19)21)27-26(33)25(32)24(31)22(13-30)34-27/h3-10,12,22,24-27,30-33H,11,13H2,1-2H3/t22-,24-,25+,26-,27-/m1/s1. The summed E-state index contributed by atoms with van der Waals surface area (Å²) in [5.74, 6) is 0. The van der Waals surface area contributed by atoms with Gasteiger partial charge in [0.25, 0.3) is 0 Å². The van der Waals surface area contributed by atoms with Crippen LogP contribution >= 0.6 is 11.6 Å². The van der Waals surface area contributed by atoms with Crippen LogP contribution in [0.5, 0.6) is 0 Å². The molecule has 1 aliphatic rings. The number of hydrogen-bond acceptors (Lipinski definition) is 5. The van der Waals surface area contributed by atoms with Crippen molar-refractivity contribution < 1.29 is 25.2 Å². The Hall–Kier alpha value is -2.45. The molecule has 4 N–H and O–H groups in total. The summed E-state index contributed by atoms with van der Waals surface area (Å²) in [5.41, 5.74) is 4.96. The van der Waals surface area contributed by atoms with Gasteiger partial charge in [0, 0.05) is 11.6 Å². The summed E-state index contributed by atoms with van der Waals surface area (Å²) >= 11 is 6.70. The van der Waals surface area contributed by atoms with Gasteiger partial charge in [-0.05, 0) is 59.9 Å². The van der Waals surface area contributed by atoms with E-state index in [1.54, 1.807) is 4.57 Å². The Bertz CT molecular complexity index is 1360. The molecule has 0 unspecified atom stereocenters. The van der Waals surface area contributed by atoms with E-state index in [0.717, 1.165) is 33.0 Å². The van der Waals surface area contributed by atoms with Crippen LogP contribution in [0.4, 0.5) is 0 Å². The minimum atomic E-state index is -1.46. The lowest BCUT2D eigenvalue weighted by atomic mass is 9.98. The first-order valence-corrected chi connectivity index (χ1v) is 11.7. The molecule has 0 aliphatic carbocycles. The third-order valence-corrected chi connectivity index (χ3v) is 7.00. The smallest absolute Gasteiger partial charge is 0.163 e. The molecule has 1 aliphatic heterocycles. The van der Waals surface area contributed by atoms with Gasteiger partial charge >= 0.3 is 0 Å². The Balaban J connectivity index is 1.60. The monoisotopic (exact) mass is 481 g/mol. The van der Waals surface area contributed by atoms with E-state index < -0.39 is 37.3 Å². The molecule has 4 aromatic rings. The zero-order valence-corrected chi connectivity index (χ0v) is 19.8. The van der Waals surface area contributed by atoms with Gasteiger partial charge in [0.15, 0.2) is 6.23 Å². The maximum absolute atomic E-state index is 10.7. The second-order valence-corrected chi connectivity index (χ2v) is 9.69. The predicted molar refractivity (Wildman–Crippen MR) is 132 cm³/mol. The van der Waals surface area contributed by atoms with Crippen molar-refractivity contribution in [2.24, 2.45) is 0 Å². The highest BCUT2D eigenvalue weighted by molar-refractivity contribution is 6.35. The lowest BCUT2D eigenvalue weighted by molar-refractivity contribution is -0.250. The summed E-state index contributed by atoms with van der Waals surface area (Å²) in [4.78, 5) is 0. The number of ether oxygens (including phenoxy) is 1. The van der Waals surface area contributed by atoms with E-state index in [0.29, 0.717) is 11.4 Å². The van der Waals surface area contributed by atoms with Crippen LogP contribution in [0.1, 0.15) is 28.5 Å². The van der Waals surface area contributed by atoms with Gasteiger partial charge in [0.2, 0.25) is 0 Å². The van der Waals surface area contributed by atoms with Crippen molar-refractivity contribution in [2.75, 3.05) is 6.61 Å². The number of rotatable bonds is 4. The number of nitrogens with zero attached hydrogens (tertiary/aromatic N) is 1. The third kappa shape index (κ3) is 4.01. The molecular formula is C27H28ClNO5. The maximum atomic E-state index is 10.7. The first-order valence-electron chi connectivity index (χ1n) is 11.4. The molecule has 1 fully saturated rings. The average molecular weight is 482 g/mol. The summed E-state index contributed by atoms with van der Waals surface area (Å²) in [6, 6.07) is 16.6. The molecule has 178 valence electrons. The molecule has 5 rings (SSSR count). The normalized spacial score (nSPS) is 25.3. The lowest BCUT2D eigenvalue weighted by Crippen LogP contribution is -2.56. The van der Waals surface area contributed by atoms with Gasteiger partial charge in [-0.15, -0.1) is 0 Å². The van der Waals surface area contributed by atoms with Crippen LogP contribution in [0.2, 0.25) is 5.02 Å². The van der Waals surface area contributed by atoms with Gasteiger partial charge in [-0.3, -0.25) is 0 Å². The van der Waals surface area contributed by atoms with Crippen LogP contribution < -0.4 is 0 Å². The highest BCUT2D eigenvalue weighted by atomic mass is 35.5. The third-order valence-electron chi connectivity index (χ3n) is 6.70. The minimum Gasteiger partial charge on any atom is -0.394 e. The Labute approximate surface area is 202 Å². The quantitative estimate of drug-likeness (QED) is 0.357. The van der Waals surface area contributed by atoms with E-state index in [1.165, 1.54) is 10.9 Å². The van der Waals surface area contributed by atoms with Crippen molar-refractivity contribution >= 4 is 33.3 Å². The fourth-order valence-electron chi connectivity index (χ4n) is 4.95. The van der Waals surface area contributed by atoms with Gasteiger partial charge in [-0.1, -0.05) is 53.6 Å².